The van der Waals surface area contributed by atoms with Gasteiger partial charge in [-0.05, 0) is 24.8 Å². The zero-order chi connectivity index (χ0) is 12.7. The molecule has 1 atom stereocenters. The summed E-state index contributed by atoms with van der Waals surface area (Å²) < 4.78 is 0. The van der Waals surface area contributed by atoms with Crippen molar-refractivity contribution >= 4 is 23.7 Å². The van der Waals surface area contributed by atoms with E-state index in [-0.39, 0.29) is 5.12 Å². The van der Waals surface area contributed by atoms with E-state index in [0.717, 1.165) is 5.56 Å². The fourth-order valence-electron chi connectivity index (χ4n) is 1.71. The predicted octanol–water partition coefficient (Wildman–Crippen LogP) is 2.56. The Morgan fingerprint density at radius 3 is 2.41 bits per heavy atom. The number of carboxylic acid groups (broad SMARTS) is 1. The van der Waals surface area contributed by atoms with Crippen LogP contribution in [-0.2, 0) is 16.0 Å². The molecule has 0 amide bonds. The van der Waals surface area contributed by atoms with Gasteiger partial charge in [-0.2, -0.15) is 0 Å². The SMILES string of the molecule is O=C(S)CCCC(Cc1ccccc1)C(=O)O. The molecule has 0 aliphatic heterocycles. The van der Waals surface area contributed by atoms with Gasteiger partial charge in [0.15, 0.2) is 5.12 Å². The molecule has 0 aliphatic carbocycles. The van der Waals surface area contributed by atoms with Crippen LogP contribution in [-0.4, -0.2) is 16.2 Å². The van der Waals surface area contributed by atoms with Crippen LogP contribution in [0.1, 0.15) is 24.8 Å². The number of hydrogen-bond acceptors (Lipinski definition) is 2. The predicted molar refractivity (Wildman–Crippen MR) is 69.1 cm³/mol. The molecular formula is C13H16O3S. The molecule has 1 N–H and O–H groups in total. The lowest BCUT2D eigenvalue weighted by molar-refractivity contribution is -0.142. The topological polar surface area (TPSA) is 54.4 Å². The second-order valence-corrected chi connectivity index (χ2v) is 4.51. The van der Waals surface area contributed by atoms with Crippen molar-refractivity contribution < 1.29 is 14.7 Å². The van der Waals surface area contributed by atoms with Crippen LogP contribution in [0.15, 0.2) is 30.3 Å². The molecule has 4 heteroatoms. The van der Waals surface area contributed by atoms with Crippen LogP contribution < -0.4 is 0 Å². The summed E-state index contributed by atoms with van der Waals surface area (Å²) in [6, 6.07) is 9.52. The minimum absolute atomic E-state index is 0.186. The molecule has 0 aliphatic rings. The van der Waals surface area contributed by atoms with Crippen LogP contribution in [0.25, 0.3) is 0 Å². The fourth-order valence-corrected chi connectivity index (χ4v) is 1.87. The first-order valence-corrected chi connectivity index (χ1v) is 6.03. The van der Waals surface area contributed by atoms with E-state index in [9.17, 15) is 9.59 Å². The summed E-state index contributed by atoms with van der Waals surface area (Å²) in [5.74, 6) is -1.23. The molecule has 0 spiro atoms. The van der Waals surface area contributed by atoms with E-state index in [1.165, 1.54) is 0 Å². The van der Waals surface area contributed by atoms with Crippen LogP contribution in [0.2, 0.25) is 0 Å². The third kappa shape index (κ3) is 5.54. The van der Waals surface area contributed by atoms with E-state index in [1.54, 1.807) is 0 Å². The molecule has 1 aromatic rings. The molecule has 0 saturated carbocycles. The summed E-state index contributed by atoms with van der Waals surface area (Å²) in [4.78, 5) is 21.7. The summed E-state index contributed by atoms with van der Waals surface area (Å²) in [6.07, 6.45) is 1.93. The van der Waals surface area contributed by atoms with Gasteiger partial charge in [0.25, 0.3) is 0 Å². The molecule has 92 valence electrons. The van der Waals surface area contributed by atoms with E-state index in [1.807, 2.05) is 30.3 Å². The monoisotopic (exact) mass is 252 g/mol. The molecular weight excluding hydrogens is 236 g/mol. The average molecular weight is 252 g/mol. The van der Waals surface area contributed by atoms with Crippen LogP contribution in [0.5, 0.6) is 0 Å². The van der Waals surface area contributed by atoms with Crippen molar-refractivity contribution in [2.24, 2.45) is 5.92 Å². The highest BCUT2D eigenvalue weighted by molar-refractivity contribution is 7.96. The number of rotatable bonds is 7. The second kappa shape index (κ2) is 7.12. The van der Waals surface area contributed by atoms with E-state index >= 15 is 0 Å². The molecule has 1 rings (SSSR count). The van der Waals surface area contributed by atoms with Crippen molar-refractivity contribution in [2.75, 3.05) is 0 Å². The summed E-state index contributed by atoms with van der Waals surface area (Å²) in [6.45, 7) is 0. The minimum atomic E-state index is -0.805. The third-order valence-corrected chi connectivity index (χ3v) is 2.84. The largest absolute Gasteiger partial charge is 0.481 e. The Hall–Kier alpha value is -1.29. The maximum Gasteiger partial charge on any atom is 0.306 e. The van der Waals surface area contributed by atoms with Gasteiger partial charge < -0.3 is 5.11 Å². The Bertz CT molecular complexity index is 376. The zero-order valence-electron chi connectivity index (χ0n) is 9.50. The second-order valence-electron chi connectivity index (χ2n) is 4.01. The Labute approximate surface area is 106 Å². The first-order chi connectivity index (χ1) is 8.09. The number of aliphatic carboxylic acids is 1. The maximum absolute atomic E-state index is 11.1. The summed E-state index contributed by atoms with van der Waals surface area (Å²) in [5.41, 5.74) is 1.01. The highest BCUT2D eigenvalue weighted by atomic mass is 32.1. The number of carbonyl (C=O) groups is 2. The van der Waals surface area contributed by atoms with Crippen molar-refractivity contribution in [3.63, 3.8) is 0 Å². The molecule has 0 heterocycles. The number of carbonyl (C=O) groups excluding carboxylic acids is 1. The van der Waals surface area contributed by atoms with Gasteiger partial charge in [-0.25, -0.2) is 0 Å². The number of benzene rings is 1. The summed E-state index contributed by atoms with van der Waals surface area (Å²) >= 11 is 3.67. The normalized spacial score (nSPS) is 12.1. The van der Waals surface area contributed by atoms with Crippen molar-refractivity contribution in [1.29, 1.82) is 0 Å². The first-order valence-electron chi connectivity index (χ1n) is 5.58. The summed E-state index contributed by atoms with van der Waals surface area (Å²) in [5, 5.41) is 8.91. The van der Waals surface area contributed by atoms with Gasteiger partial charge >= 0.3 is 5.97 Å². The van der Waals surface area contributed by atoms with Gasteiger partial charge in [0.05, 0.1) is 5.92 Å². The third-order valence-electron chi connectivity index (χ3n) is 2.62. The van der Waals surface area contributed by atoms with Crippen LogP contribution in [0.4, 0.5) is 0 Å². The standard InChI is InChI=1S/C13H16O3S/c14-12(17)8-4-7-11(13(15)16)9-10-5-2-1-3-6-10/h1-3,5-6,11H,4,7-9H2,(H,14,17)(H,15,16). The van der Waals surface area contributed by atoms with Crippen LogP contribution in [0, 0.1) is 5.92 Å². The lowest BCUT2D eigenvalue weighted by atomic mass is 9.94. The van der Waals surface area contributed by atoms with Gasteiger partial charge in [-0.3, -0.25) is 9.59 Å². The van der Waals surface area contributed by atoms with E-state index in [4.69, 9.17) is 5.11 Å². The highest BCUT2D eigenvalue weighted by Crippen LogP contribution is 2.16. The van der Waals surface area contributed by atoms with E-state index < -0.39 is 11.9 Å². The van der Waals surface area contributed by atoms with E-state index in [2.05, 4.69) is 12.6 Å². The van der Waals surface area contributed by atoms with Gasteiger partial charge in [-0.15, -0.1) is 12.6 Å². The van der Waals surface area contributed by atoms with Crippen molar-refractivity contribution in [1.82, 2.24) is 0 Å². The quantitative estimate of drug-likeness (QED) is 0.733. The van der Waals surface area contributed by atoms with Crippen LogP contribution in [0.3, 0.4) is 0 Å². The Balaban J connectivity index is 2.49. The molecule has 17 heavy (non-hydrogen) atoms. The Kier molecular flexibility index (Phi) is 5.77. The number of hydrogen-bond donors (Lipinski definition) is 2. The fraction of sp³-hybridized carbons (Fsp3) is 0.385. The van der Waals surface area contributed by atoms with Gasteiger partial charge in [0.2, 0.25) is 0 Å². The van der Waals surface area contributed by atoms with Crippen molar-refractivity contribution in [3.05, 3.63) is 35.9 Å². The molecule has 0 aromatic heterocycles. The molecule has 1 unspecified atom stereocenters. The van der Waals surface area contributed by atoms with Gasteiger partial charge in [0.1, 0.15) is 0 Å². The number of carboxylic acids is 1. The summed E-state index contributed by atoms with van der Waals surface area (Å²) in [7, 11) is 0. The first kappa shape index (κ1) is 13.8. The lowest BCUT2D eigenvalue weighted by Crippen LogP contribution is -2.16. The average Bonchev–Trinajstić information content (AvgIpc) is 2.28. The molecule has 0 fully saturated rings. The molecule has 0 saturated heterocycles. The smallest absolute Gasteiger partial charge is 0.306 e. The molecule has 0 radical (unpaired) electrons. The van der Waals surface area contributed by atoms with Gasteiger partial charge in [-0.1, -0.05) is 30.3 Å². The molecule has 0 bridgehead atoms. The Morgan fingerprint density at radius 1 is 1.24 bits per heavy atom. The highest BCUT2D eigenvalue weighted by Gasteiger charge is 2.17. The molecule has 3 nitrogen and oxygen atoms in total. The minimum Gasteiger partial charge on any atom is -0.481 e. The number of thiol groups is 1. The van der Waals surface area contributed by atoms with Crippen molar-refractivity contribution in [3.8, 4) is 0 Å². The molecule has 1 aromatic carbocycles. The maximum atomic E-state index is 11.1. The van der Waals surface area contributed by atoms with Crippen LogP contribution >= 0.6 is 12.6 Å². The van der Waals surface area contributed by atoms with Gasteiger partial charge in [0, 0.05) is 6.42 Å². The van der Waals surface area contributed by atoms with Crippen molar-refractivity contribution in [2.45, 2.75) is 25.7 Å². The lowest BCUT2D eigenvalue weighted by Gasteiger charge is -2.11. The van der Waals surface area contributed by atoms with E-state index in [0.29, 0.717) is 25.7 Å². The Morgan fingerprint density at radius 2 is 1.88 bits per heavy atom. The zero-order valence-corrected chi connectivity index (χ0v) is 10.4.